The van der Waals surface area contributed by atoms with Crippen molar-refractivity contribution in [1.29, 1.82) is 0 Å². The third kappa shape index (κ3) is 3.36. The fourth-order valence-corrected chi connectivity index (χ4v) is 4.50. The van der Waals surface area contributed by atoms with Crippen molar-refractivity contribution < 1.29 is 19.2 Å². The van der Waals surface area contributed by atoms with Crippen molar-refractivity contribution in [3.63, 3.8) is 0 Å². The van der Waals surface area contributed by atoms with E-state index in [9.17, 15) is 19.2 Å². The minimum atomic E-state index is -0.953. The van der Waals surface area contributed by atoms with Crippen molar-refractivity contribution in [1.82, 2.24) is 20.1 Å². The molecule has 1 aromatic heterocycles. The van der Waals surface area contributed by atoms with Gasteiger partial charge in [-0.15, -0.1) is 0 Å². The third-order valence-corrected chi connectivity index (χ3v) is 6.06. The third-order valence-electron chi connectivity index (χ3n) is 6.06. The lowest BCUT2D eigenvalue weighted by Gasteiger charge is -2.28. The Morgan fingerprint density at radius 1 is 1.06 bits per heavy atom. The number of amides is 4. The highest BCUT2D eigenvalue weighted by molar-refractivity contribution is 6.23. The molecule has 0 aliphatic carbocycles. The van der Waals surface area contributed by atoms with Gasteiger partial charge in [-0.2, -0.15) is 0 Å². The summed E-state index contributed by atoms with van der Waals surface area (Å²) in [6, 6.07) is 6.22. The molecule has 3 aliphatic rings. The van der Waals surface area contributed by atoms with Gasteiger partial charge >= 0.3 is 0 Å². The molecule has 4 amide bonds. The quantitative estimate of drug-likeness (QED) is 0.699. The molecule has 4 heterocycles. The van der Waals surface area contributed by atoms with E-state index in [4.69, 9.17) is 5.73 Å². The van der Waals surface area contributed by atoms with Crippen LogP contribution in [0.1, 0.15) is 50.4 Å². The van der Waals surface area contributed by atoms with Gasteiger partial charge in [-0.3, -0.25) is 39.3 Å². The van der Waals surface area contributed by atoms with Gasteiger partial charge in [-0.1, -0.05) is 6.07 Å². The molecule has 9 heteroatoms. The van der Waals surface area contributed by atoms with Gasteiger partial charge < -0.3 is 5.73 Å². The van der Waals surface area contributed by atoms with E-state index < -0.39 is 23.8 Å². The number of piperidine rings is 1. The number of nitrogens with zero attached hydrogens (tertiary/aromatic N) is 3. The van der Waals surface area contributed by atoms with Crippen LogP contribution in [-0.2, 0) is 29.1 Å². The average Bonchev–Trinajstić information content (AvgIpc) is 2.98. The second-order valence-corrected chi connectivity index (χ2v) is 8.16. The number of pyridine rings is 1. The maximum Gasteiger partial charge on any atom is 0.262 e. The summed E-state index contributed by atoms with van der Waals surface area (Å²) in [7, 11) is 0. The van der Waals surface area contributed by atoms with Crippen LogP contribution in [0.3, 0.4) is 0 Å². The molecule has 2 aromatic rings. The number of hydrogen-bond acceptors (Lipinski definition) is 7. The largest absolute Gasteiger partial charge is 0.397 e. The highest BCUT2D eigenvalue weighted by Gasteiger charge is 2.44. The summed E-state index contributed by atoms with van der Waals surface area (Å²) in [6.45, 7) is 2.13. The molecule has 3 aliphatic heterocycles. The van der Waals surface area contributed by atoms with E-state index in [0.717, 1.165) is 34.7 Å². The molecular weight excluding hydrogens is 398 g/mol. The molecule has 0 bridgehead atoms. The van der Waals surface area contributed by atoms with E-state index in [1.54, 1.807) is 18.3 Å². The minimum absolute atomic E-state index is 0.102. The number of aromatic nitrogens is 1. The minimum Gasteiger partial charge on any atom is -0.397 e. The lowest BCUT2D eigenvalue weighted by atomic mass is 10.0. The Morgan fingerprint density at radius 2 is 1.87 bits per heavy atom. The van der Waals surface area contributed by atoms with Crippen LogP contribution < -0.4 is 11.1 Å². The van der Waals surface area contributed by atoms with Gasteiger partial charge in [-0.05, 0) is 42.2 Å². The molecule has 5 rings (SSSR count). The van der Waals surface area contributed by atoms with Gasteiger partial charge in [0.05, 0.1) is 28.7 Å². The smallest absolute Gasteiger partial charge is 0.262 e. The molecule has 0 spiro atoms. The Kier molecular flexibility index (Phi) is 4.55. The molecule has 0 saturated carbocycles. The van der Waals surface area contributed by atoms with Crippen molar-refractivity contribution >= 4 is 29.3 Å². The van der Waals surface area contributed by atoms with Gasteiger partial charge in [0.2, 0.25) is 11.8 Å². The fourth-order valence-electron chi connectivity index (χ4n) is 4.50. The first-order valence-corrected chi connectivity index (χ1v) is 10.2. The van der Waals surface area contributed by atoms with Gasteiger partial charge in [0, 0.05) is 26.1 Å². The molecule has 1 fully saturated rings. The highest BCUT2D eigenvalue weighted by atomic mass is 16.2. The number of fused-ring (bicyclic) bond motifs is 2. The molecule has 9 nitrogen and oxygen atoms in total. The van der Waals surface area contributed by atoms with Crippen LogP contribution in [0.2, 0.25) is 0 Å². The number of nitrogen functional groups attached to an aromatic ring is 1. The molecule has 3 N–H and O–H groups in total. The summed E-state index contributed by atoms with van der Waals surface area (Å²) < 4.78 is 0. The van der Waals surface area contributed by atoms with Crippen LogP contribution in [0.15, 0.2) is 30.5 Å². The summed E-state index contributed by atoms with van der Waals surface area (Å²) in [6.07, 6.45) is 2.75. The maximum atomic E-state index is 13.0. The lowest BCUT2D eigenvalue weighted by Crippen LogP contribution is -2.54. The van der Waals surface area contributed by atoms with Gasteiger partial charge in [0.25, 0.3) is 11.8 Å². The van der Waals surface area contributed by atoms with Crippen LogP contribution in [0, 0.1) is 0 Å². The van der Waals surface area contributed by atoms with Crippen LogP contribution in [-0.4, -0.2) is 51.0 Å². The molecule has 158 valence electrons. The van der Waals surface area contributed by atoms with E-state index in [1.165, 1.54) is 0 Å². The normalized spacial score (nSPS) is 21.2. The predicted octanol–water partition coefficient (Wildman–Crippen LogP) is 0.623. The zero-order valence-electron chi connectivity index (χ0n) is 16.8. The van der Waals surface area contributed by atoms with Crippen molar-refractivity contribution in [3.05, 3.63) is 58.4 Å². The van der Waals surface area contributed by atoms with Crippen molar-refractivity contribution in [2.24, 2.45) is 0 Å². The molecule has 1 saturated heterocycles. The monoisotopic (exact) mass is 419 g/mol. The molecule has 31 heavy (non-hydrogen) atoms. The Labute approximate surface area is 178 Å². The number of nitrogens with two attached hydrogens (primary N) is 1. The standard InChI is InChI=1S/C22H21N5O4/c23-14-8-13-5-6-26(11-17(13)24-9-14)10-12-1-2-15-16(7-12)22(31)27(21(15)30)18-3-4-19(28)25-20(18)29/h1-2,7-9,18H,3-6,10-11,23H2,(H,25,28,29). The van der Waals surface area contributed by atoms with Crippen LogP contribution in [0.25, 0.3) is 0 Å². The number of imide groups is 2. The summed E-state index contributed by atoms with van der Waals surface area (Å²) in [5.41, 5.74) is 10.1. The first-order valence-electron chi connectivity index (χ1n) is 10.2. The Bertz CT molecular complexity index is 1140. The Balaban J connectivity index is 1.34. The topological polar surface area (TPSA) is 126 Å². The first-order chi connectivity index (χ1) is 14.9. The summed E-state index contributed by atoms with van der Waals surface area (Å²) in [5, 5.41) is 2.21. The van der Waals surface area contributed by atoms with Crippen LogP contribution in [0.4, 0.5) is 5.69 Å². The van der Waals surface area contributed by atoms with Crippen LogP contribution >= 0.6 is 0 Å². The number of nitrogens with one attached hydrogen (secondary N) is 1. The van der Waals surface area contributed by atoms with Gasteiger partial charge in [-0.25, -0.2) is 0 Å². The van der Waals surface area contributed by atoms with E-state index in [0.29, 0.717) is 29.9 Å². The molecule has 0 radical (unpaired) electrons. The number of anilines is 1. The first kappa shape index (κ1) is 19.4. The predicted molar refractivity (Wildman–Crippen MR) is 110 cm³/mol. The molecule has 1 atom stereocenters. The zero-order chi connectivity index (χ0) is 21.7. The molecule has 1 aromatic carbocycles. The van der Waals surface area contributed by atoms with Gasteiger partial charge in [0.15, 0.2) is 0 Å². The van der Waals surface area contributed by atoms with Crippen molar-refractivity contribution in [2.45, 2.75) is 38.4 Å². The average molecular weight is 419 g/mol. The van der Waals surface area contributed by atoms with E-state index in [1.807, 2.05) is 12.1 Å². The van der Waals surface area contributed by atoms with Crippen LogP contribution in [0.5, 0.6) is 0 Å². The fraction of sp³-hybridized carbons (Fsp3) is 0.318. The Hall–Kier alpha value is -3.59. The molecule has 1 unspecified atom stereocenters. The SMILES string of the molecule is Nc1cnc2c(c1)CCN(Cc1ccc3c(c1)C(=O)N(C1CCC(=O)NC1=O)C3=O)C2. The zero-order valence-corrected chi connectivity index (χ0v) is 16.8. The maximum absolute atomic E-state index is 13.0. The summed E-state index contributed by atoms with van der Waals surface area (Å²) in [5.74, 6) is -1.97. The van der Waals surface area contributed by atoms with Crippen molar-refractivity contribution in [3.8, 4) is 0 Å². The van der Waals surface area contributed by atoms with Crippen molar-refractivity contribution in [2.75, 3.05) is 12.3 Å². The van der Waals surface area contributed by atoms with E-state index in [2.05, 4.69) is 15.2 Å². The number of carbonyl (C=O) groups excluding carboxylic acids is 4. The highest BCUT2D eigenvalue weighted by Crippen LogP contribution is 2.29. The van der Waals surface area contributed by atoms with E-state index >= 15 is 0 Å². The number of hydrogen-bond donors (Lipinski definition) is 2. The van der Waals surface area contributed by atoms with Gasteiger partial charge in [0.1, 0.15) is 6.04 Å². The second kappa shape index (κ2) is 7.28. The number of rotatable bonds is 3. The summed E-state index contributed by atoms with van der Waals surface area (Å²) >= 11 is 0. The second-order valence-electron chi connectivity index (χ2n) is 8.16. The molecular formula is C22H21N5O4. The number of carbonyl (C=O) groups is 4. The van der Waals surface area contributed by atoms with E-state index in [-0.39, 0.29) is 18.7 Å². The number of benzene rings is 1. The summed E-state index contributed by atoms with van der Waals surface area (Å²) in [4.78, 5) is 57.0. The Morgan fingerprint density at radius 3 is 2.68 bits per heavy atom. The lowest BCUT2D eigenvalue weighted by molar-refractivity contribution is -0.136.